The van der Waals surface area contributed by atoms with Gasteiger partial charge in [-0.3, -0.25) is 23.4 Å². The molecule has 28 heteroatoms. The summed E-state index contributed by atoms with van der Waals surface area (Å²) in [5, 5.41) is 37.7. The van der Waals surface area contributed by atoms with Gasteiger partial charge in [0, 0.05) is 178 Å². The van der Waals surface area contributed by atoms with Crippen LogP contribution in [-0.4, -0.2) is 163 Å². The standard InChI is InChI=1S/C31H31N3O5S.C25H26FN3O3.C23H21FN4O.C23H23N3O2S/c1-21-11-13-24(14-12-21)40(37,38)39-31(23-7-3-6-22(2)18-23)27-19-30(33-20-32-27)34-16-15-25-26(8-4-9-28(25)34)29(36)10-5-17-35;1-16-7-17(9-19(26)8-16)10-20-12-25(28-15-27-20)29-6-5-21-22(3-2-4-23(21)29)24(32)11-18(13-30)14-31;1-15-9-16(11-17(24)10-15)12-18-13-22(26-14-25-18)28-6-5-19-20(3-2-4-21(19)28)23(29)27-7-8-27;1-16-5-2-6-17(13-16)29-23-14-22(24-15-25-23)26-11-10-18-19(7-3-8-20(18)26)21(28)9-4-12-27/h3-4,6-9,11-14,18-20,31,35H,5,10,15-17H2,1-2H3;2-4,7-9,12,15,18,30-31H,5-6,10-11,13-14H2,1H3;2-4,9-11,13-14H,5-8,12H2,1H3;2-3,5-8,13-15,27H,4,9-12H2,1H3. The quantitative estimate of drug-likeness (QED) is 0.0146. The van der Waals surface area contributed by atoms with Gasteiger partial charge in [0.1, 0.15) is 71.3 Å². The lowest BCUT2D eigenvalue weighted by molar-refractivity contribution is 0.0875. The van der Waals surface area contributed by atoms with Crippen LogP contribution in [0.5, 0.6) is 0 Å². The van der Waals surface area contributed by atoms with Crippen LogP contribution in [0, 0.1) is 52.2 Å². The van der Waals surface area contributed by atoms with E-state index in [2.05, 4.69) is 79.7 Å². The number of anilines is 8. The van der Waals surface area contributed by atoms with Crippen molar-refractivity contribution in [3.8, 4) is 0 Å². The van der Waals surface area contributed by atoms with Gasteiger partial charge in [-0.15, -0.1) is 0 Å². The van der Waals surface area contributed by atoms with Gasteiger partial charge in [-0.05, 0) is 202 Å². The highest BCUT2D eigenvalue weighted by Gasteiger charge is 2.35. The number of rotatable bonds is 29. The monoisotopic (exact) mass is 1790 g/mol. The number of aliphatic hydroxyl groups excluding tert-OH is 4. The molecule has 1 atom stereocenters. The molecule has 130 heavy (non-hydrogen) atoms. The third-order valence-corrected chi connectivity index (χ3v) is 25.5. The molecule has 9 heterocycles. The van der Waals surface area contributed by atoms with Crippen molar-refractivity contribution in [2.24, 2.45) is 5.92 Å². The number of halogens is 2. The van der Waals surface area contributed by atoms with Crippen molar-refractivity contribution in [3.05, 3.63) is 349 Å². The Morgan fingerprint density at radius 3 is 1.32 bits per heavy atom. The minimum atomic E-state index is -4.12. The lowest BCUT2D eigenvalue weighted by Crippen LogP contribution is -2.18. The largest absolute Gasteiger partial charge is 0.396 e. The fourth-order valence-electron chi connectivity index (χ4n) is 16.9. The minimum Gasteiger partial charge on any atom is -0.396 e. The average Bonchev–Trinajstić information content (AvgIpc) is 1.65. The molecule has 0 spiro atoms. The molecule has 1 saturated heterocycles. The van der Waals surface area contributed by atoms with Crippen LogP contribution in [0.1, 0.15) is 163 Å². The Kier molecular flexibility index (Phi) is 29.6. The number of carbonyl (C=O) groups is 4. The van der Waals surface area contributed by atoms with Gasteiger partial charge in [0.25, 0.3) is 16.0 Å². The Balaban J connectivity index is 0.000000134. The van der Waals surface area contributed by atoms with Crippen molar-refractivity contribution < 1.29 is 61.0 Å². The number of aryl methyl sites for hydroxylation is 5. The van der Waals surface area contributed by atoms with Crippen molar-refractivity contribution in [1.82, 2.24) is 44.8 Å². The van der Waals surface area contributed by atoms with E-state index in [0.717, 1.165) is 167 Å². The normalized spacial score (nSPS) is 13.6. The van der Waals surface area contributed by atoms with Crippen LogP contribution in [0.15, 0.2) is 246 Å². The molecule has 4 aromatic heterocycles. The van der Waals surface area contributed by atoms with Gasteiger partial charge < -0.3 is 44.9 Å². The number of aromatic nitrogens is 8. The van der Waals surface area contributed by atoms with E-state index >= 15 is 0 Å². The van der Waals surface area contributed by atoms with E-state index in [1.807, 2.05) is 165 Å². The summed E-state index contributed by atoms with van der Waals surface area (Å²) in [4.78, 5) is 97.6. The molecule has 18 rings (SSSR count). The predicted octanol–water partition coefficient (Wildman–Crippen LogP) is 16.9. The van der Waals surface area contributed by atoms with Crippen LogP contribution in [0.25, 0.3) is 0 Å². The zero-order chi connectivity index (χ0) is 91.1. The molecule has 0 saturated carbocycles. The molecule has 1 fully saturated rings. The van der Waals surface area contributed by atoms with Crippen molar-refractivity contribution in [1.29, 1.82) is 0 Å². The summed E-state index contributed by atoms with van der Waals surface area (Å²) in [5.74, 6) is 2.15. The topological polar surface area (TPSA) is 312 Å². The first-order chi connectivity index (χ1) is 63.0. The first-order valence-electron chi connectivity index (χ1n) is 43.5. The summed E-state index contributed by atoms with van der Waals surface area (Å²) in [6.45, 7) is 13.7. The van der Waals surface area contributed by atoms with Crippen molar-refractivity contribution in [2.45, 2.75) is 126 Å². The molecule has 0 aliphatic carbocycles. The molecular weight excluding hydrogens is 1690 g/mol. The Morgan fingerprint density at radius 1 is 0.423 bits per heavy atom. The number of Topliss-reactive ketones (excluding diaryl/α,β-unsaturated/α-hetero) is 3. The Hall–Kier alpha value is -13.1. The molecule has 0 radical (unpaired) electrons. The summed E-state index contributed by atoms with van der Waals surface area (Å²) in [6.07, 6.45) is 10.8. The molecule has 0 bridgehead atoms. The first-order valence-corrected chi connectivity index (χ1v) is 45.7. The number of carbonyl (C=O) groups excluding carboxylic acids is 4. The van der Waals surface area contributed by atoms with Gasteiger partial charge in [-0.1, -0.05) is 132 Å². The number of hydrogen-bond donors (Lipinski definition) is 4. The van der Waals surface area contributed by atoms with Gasteiger partial charge in [-0.25, -0.2) is 48.7 Å². The molecule has 1 amide bonds. The molecule has 5 aliphatic rings. The maximum atomic E-state index is 13.8. The molecule has 24 nitrogen and oxygen atoms in total. The Labute approximate surface area is 759 Å². The minimum absolute atomic E-state index is 0.00495. The molecule has 4 N–H and O–H groups in total. The second-order valence-electron chi connectivity index (χ2n) is 32.9. The van der Waals surface area contributed by atoms with E-state index in [-0.39, 0.29) is 79.1 Å². The van der Waals surface area contributed by atoms with Gasteiger partial charge in [0.2, 0.25) is 0 Å². The summed E-state index contributed by atoms with van der Waals surface area (Å²) in [7, 11) is -4.12. The fourth-order valence-corrected chi connectivity index (χ4v) is 18.8. The number of hydrogen-bond acceptors (Lipinski definition) is 24. The van der Waals surface area contributed by atoms with E-state index in [1.54, 1.807) is 54.7 Å². The summed E-state index contributed by atoms with van der Waals surface area (Å²) in [6, 6.07) is 62.9. The first kappa shape index (κ1) is 91.7. The van der Waals surface area contributed by atoms with Crippen molar-refractivity contribution in [3.63, 3.8) is 0 Å². The third-order valence-electron chi connectivity index (χ3n) is 23.2. The van der Waals surface area contributed by atoms with Crippen LogP contribution in [0.4, 0.5) is 54.8 Å². The van der Waals surface area contributed by atoms with Crippen molar-refractivity contribution in [2.75, 3.05) is 85.3 Å². The molecule has 666 valence electrons. The number of nitrogens with zero attached hydrogens (tertiary/aromatic N) is 13. The maximum absolute atomic E-state index is 13.8. The van der Waals surface area contributed by atoms with E-state index in [1.165, 1.54) is 48.5 Å². The summed E-state index contributed by atoms with van der Waals surface area (Å²) < 4.78 is 60.0. The second kappa shape index (κ2) is 42.0. The van der Waals surface area contributed by atoms with E-state index in [4.69, 9.17) is 14.4 Å². The molecule has 1 unspecified atom stereocenters. The summed E-state index contributed by atoms with van der Waals surface area (Å²) >= 11 is 1.62. The average molecular weight is 1790 g/mol. The van der Waals surface area contributed by atoms with Crippen LogP contribution < -0.4 is 19.6 Å². The van der Waals surface area contributed by atoms with Crippen LogP contribution in [0.2, 0.25) is 0 Å². The smallest absolute Gasteiger partial charge is 0.297 e. The molecule has 9 aromatic carbocycles. The molecule has 13 aromatic rings. The van der Waals surface area contributed by atoms with Crippen LogP contribution in [0.3, 0.4) is 0 Å². The number of aliphatic hydroxyl groups is 4. The van der Waals surface area contributed by atoms with Gasteiger partial charge in [0.05, 0.1) is 22.0 Å². The zero-order valence-corrected chi connectivity index (χ0v) is 74.6. The van der Waals surface area contributed by atoms with Crippen LogP contribution in [-0.2, 0) is 52.8 Å². The SMILES string of the molecule is Cc1cc(F)cc(Cc2cc(N3CCc4c(C(=O)CC(CO)CO)cccc43)ncn2)c1.Cc1cc(F)cc(Cc2cc(N3CCc4c(C(=O)N5CC5)cccc43)ncn2)c1.Cc1ccc(S(=O)(=O)OC(c2cccc(C)c2)c2cc(N3CCc4c(C(=O)CCCO)cccc43)ncn2)cc1.Cc1cccc(Sc2cc(N3CCc4c(C(=O)CCCO)cccc43)ncn2)c1. The molecular formula is C102H101F2N13O11S2. The highest BCUT2D eigenvalue weighted by Crippen LogP contribution is 2.43. The van der Waals surface area contributed by atoms with E-state index in [9.17, 15) is 46.6 Å². The molecule has 5 aliphatic heterocycles. The van der Waals surface area contributed by atoms with E-state index in [0.29, 0.717) is 86.2 Å². The third kappa shape index (κ3) is 22.3. The summed E-state index contributed by atoms with van der Waals surface area (Å²) in [5.41, 5.74) is 20.1. The number of fused-ring (bicyclic) bond motifs is 4. The Bertz CT molecular complexity index is 6400. The maximum Gasteiger partial charge on any atom is 0.297 e. The number of amides is 1. The lowest BCUT2D eigenvalue weighted by atomic mass is 9.95. The Morgan fingerprint density at radius 2 is 0.854 bits per heavy atom. The highest BCUT2D eigenvalue weighted by atomic mass is 32.2. The zero-order valence-electron chi connectivity index (χ0n) is 73.0. The van der Waals surface area contributed by atoms with Crippen molar-refractivity contribution >= 4 is 91.2 Å². The van der Waals surface area contributed by atoms with Gasteiger partial charge in [0.15, 0.2) is 17.3 Å². The number of benzene rings is 9. The fraction of sp³-hybridized carbons (Fsp3) is 0.275. The van der Waals surface area contributed by atoms with E-state index < -0.39 is 22.1 Å². The van der Waals surface area contributed by atoms with Gasteiger partial charge >= 0.3 is 0 Å². The van der Waals surface area contributed by atoms with Crippen LogP contribution >= 0.6 is 11.8 Å². The highest BCUT2D eigenvalue weighted by molar-refractivity contribution is 7.99. The predicted molar refractivity (Wildman–Crippen MR) is 496 cm³/mol. The lowest BCUT2D eigenvalue weighted by Gasteiger charge is -2.22. The van der Waals surface area contributed by atoms with Gasteiger partial charge in [-0.2, -0.15) is 8.42 Å². The number of ketones is 3. The second-order valence-corrected chi connectivity index (χ2v) is 35.6.